The predicted molar refractivity (Wildman–Crippen MR) is 68.1 cm³/mol. The van der Waals surface area contributed by atoms with Gasteiger partial charge in [0, 0.05) is 26.9 Å². The van der Waals surface area contributed by atoms with Gasteiger partial charge >= 0.3 is 0 Å². The van der Waals surface area contributed by atoms with E-state index in [1.54, 1.807) is 11.3 Å². The molecule has 0 unspecified atom stereocenters. The van der Waals surface area contributed by atoms with E-state index in [0.29, 0.717) is 5.78 Å². The molecule has 0 atom stereocenters. The van der Waals surface area contributed by atoms with Crippen LogP contribution in [0, 0.1) is 5.92 Å². The summed E-state index contributed by atoms with van der Waals surface area (Å²) in [7, 11) is 0. The van der Waals surface area contributed by atoms with Gasteiger partial charge in [0.15, 0.2) is 5.78 Å². The number of carbonyl (C=O) groups excluding carboxylic acids is 1. The number of benzene rings is 1. The zero-order chi connectivity index (χ0) is 11.0. The van der Waals surface area contributed by atoms with Gasteiger partial charge in [-0.15, -0.1) is 11.3 Å². The zero-order valence-electron chi connectivity index (χ0n) is 9.11. The minimum atomic E-state index is 0.290. The first-order chi connectivity index (χ1) is 7.86. The average molecular weight is 230 g/mol. The van der Waals surface area contributed by atoms with Crippen LogP contribution in [0.3, 0.4) is 0 Å². The molecule has 1 aromatic heterocycles. The van der Waals surface area contributed by atoms with E-state index in [1.165, 1.54) is 17.5 Å². The summed E-state index contributed by atoms with van der Waals surface area (Å²) < 4.78 is 1.23. The van der Waals surface area contributed by atoms with E-state index in [4.69, 9.17) is 0 Å². The maximum atomic E-state index is 12.3. The summed E-state index contributed by atoms with van der Waals surface area (Å²) in [6.07, 6.45) is 4.61. The van der Waals surface area contributed by atoms with Crippen LogP contribution in [0.5, 0.6) is 0 Å². The Kier molecular flexibility index (Phi) is 2.52. The Morgan fingerprint density at radius 1 is 1.19 bits per heavy atom. The van der Waals surface area contributed by atoms with Crippen molar-refractivity contribution in [3.63, 3.8) is 0 Å². The maximum absolute atomic E-state index is 12.3. The van der Waals surface area contributed by atoms with Crippen molar-refractivity contribution < 1.29 is 4.79 Å². The molecule has 1 fully saturated rings. The van der Waals surface area contributed by atoms with Gasteiger partial charge in [-0.05, 0) is 18.9 Å². The lowest BCUT2D eigenvalue weighted by atomic mass is 9.96. The molecule has 0 bridgehead atoms. The minimum absolute atomic E-state index is 0.290. The molecule has 0 aliphatic heterocycles. The molecular weight excluding hydrogens is 216 g/mol. The Labute approximate surface area is 99.1 Å². The molecule has 0 N–H and O–H groups in total. The van der Waals surface area contributed by atoms with Crippen molar-refractivity contribution in [2.24, 2.45) is 5.92 Å². The van der Waals surface area contributed by atoms with Gasteiger partial charge in [-0.2, -0.15) is 0 Å². The normalized spacial score (nSPS) is 17.0. The highest BCUT2D eigenvalue weighted by molar-refractivity contribution is 7.17. The van der Waals surface area contributed by atoms with E-state index < -0.39 is 0 Å². The van der Waals surface area contributed by atoms with Crippen molar-refractivity contribution in [1.29, 1.82) is 0 Å². The second-order valence-corrected chi connectivity index (χ2v) is 5.40. The van der Waals surface area contributed by atoms with E-state index in [-0.39, 0.29) is 5.92 Å². The largest absolute Gasteiger partial charge is 0.294 e. The van der Waals surface area contributed by atoms with E-state index in [0.717, 1.165) is 23.8 Å². The molecule has 1 saturated carbocycles. The SMILES string of the molecule is O=C(c1csc2ccccc12)C1CCCC1. The van der Waals surface area contributed by atoms with Crippen molar-refractivity contribution in [1.82, 2.24) is 0 Å². The van der Waals surface area contributed by atoms with Crippen LogP contribution in [-0.2, 0) is 0 Å². The summed E-state index contributed by atoms with van der Waals surface area (Å²) >= 11 is 1.68. The highest BCUT2D eigenvalue weighted by Gasteiger charge is 2.25. The number of rotatable bonds is 2. The molecule has 16 heavy (non-hydrogen) atoms. The monoisotopic (exact) mass is 230 g/mol. The van der Waals surface area contributed by atoms with Crippen LogP contribution in [0.2, 0.25) is 0 Å². The fourth-order valence-electron chi connectivity index (χ4n) is 2.58. The molecule has 1 nitrogen and oxygen atoms in total. The summed E-state index contributed by atoms with van der Waals surface area (Å²) in [5.41, 5.74) is 0.951. The van der Waals surface area contributed by atoms with Gasteiger partial charge < -0.3 is 0 Å². The minimum Gasteiger partial charge on any atom is -0.294 e. The smallest absolute Gasteiger partial charge is 0.167 e. The van der Waals surface area contributed by atoms with Crippen LogP contribution < -0.4 is 0 Å². The number of fused-ring (bicyclic) bond motifs is 1. The molecule has 82 valence electrons. The first kappa shape index (κ1) is 10.0. The molecule has 1 aliphatic rings. The molecule has 3 rings (SSSR count). The lowest BCUT2D eigenvalue weighted by molar-refractivity contribution is 0.0925. The standard InChI is InChI=1S/C14H14OS/c15-14(10-5-1-2-6-10)12-9-16-13-8-4-3-7-11(12)13/h3-4,7-10H,1-2,5-6H2. The van der Waals surface area contributed by atoms with E-state index in [2.05, 4.69) is 12.1 Å². The Balaban J connectivity index is 2.02. The molecule has 0 radical (unpaired) electrons. The number of ketones is 1. The molecule has 1 aliphatic carbocycles. The molecule has 2 heteroatoms. The fourth-order valence-corrected chi connectivity index (χ4v) is 3.53. The molecule has 0 spiro atoms. The number of Topliss-reactive ketones (excluding diaryl/α,β-unsaturated/α-hetero) is 1. The quantitative estimate of drug-likeness (QED) is 0.704. The number of hydrogen-bond acceptors (Lipinski definition) is 2. The summed E-state index contributed by atoms with van der Waals surface area (Å²) in [6.45, 7) is 0. The lowest BCUT2D eigenvalue weighted by Gasteiger charge is -2.06. The lowest BCUT2D eigenvalue weighted by Crippen LogP contribution is -2.10. The van der Waals surface area contributed by atoms with Gasteiger partial charge in [-0.25, -0.2) is 0 Å². The van der Waals surface area contributed by atoms with Gasteiger partial charge in [-0.3, -0.25) is 4.79 Å². The third-order valence-electron chi connectivity index (χ3n) is 3.47. The maximum Gasteiger partial charge on any atom is 0.167 e. The average Bonchev–Trinajstić information content (AvgIpc) is 2.98. The molecule has 2 aromatic rings. The van der Waals surface area contributed by atoms with Crippen LogP contribution in [-0.4, -0.2) is 5.78 Å². The first-order valence-electron chi connectivity index (χ1n) is 5.87. The predicted octanol–water partition coefficient (Wildman–Crippen LogP) is 4.27. The van der Waals surface area contributed by atoms with Crippen LogP contribution in [0.25, 0.3) is 10.1 Å². The molecule has 1 heterocycles. The van der Waals surface area contributed by atoms with Crippen molar-refractivity contribution in [3.05, 3.63) is 35.2 Å². The zero-order valence-corrected chi connectivity index (χ0v) is 9.93. The third-order valence-corrected chi connectivity index (χ3v) is 4.44. The Morgan fingerprint density at radius 3 is 2.75 bits per heavy atom. The summed E-state index contributed by atoms with van der Waals surface area (Å²) in [5.74, 6) is 0.660. The van der Waals surface area contributed by atoms with Crippen LogP contribution >= 0.6 is 11.3 Å². The van der Waals surface area contributed by atoms with Crippen molar-refractivity contribution in [3.8, 4) is 0 Å². The summed E-state index contributed by atoms with van der Waals surface area (Å²) in [5, 5.41) is 3.18. The Morgan fingerprint density at radius 2 is 1.94 bits per heavy atom. The Bertz CT molecular complexity index is 520. The molecular formula is C14H14OS. The van der Waals surface area contributed by atoms with E-state index in [9.17, 15) is 4.79 Å². The van der Waals surface area contributed by atoms with E-state index in [1.807, 2.05) is 17.5 Å². The third kappa shape index (κ3) is 1.57. The van der Waals surface area contributed by atoms with Gasteiger partial charge in [0.05, 0.1) is 0 Å². The number of thiophene rings is 1. The Hall–Kier alpha value is -1.15. The van der Waals surface area contributed by atoms with Gasteiger partial charge in [0.25, 0.3) is 0 Å². The summed E-state index contributed by atoms with van der Waals surface area (Å²) in [6, 6.07) is 8.20. The van der Waals surface area contributed by atoms with Gasteiger partial charge in [-0.1, -0.05) is 31.0 Å². The van der Waals surface area contributed by atoms with Crippen LogP contribution in [0.4, 0.5) is 0 Å². The van der Waals surface area contributed by atoms with Crippen LogP contribution in [0.15, 0.2) is 29.6 Å². The van der Waals surface area contributed by atoms with Gasteiger partial charge in [0.2, 0.25) is 0 Å². The molecule has 0 amide bonds. The number of hydrogen-bond donors (Lipinski definition) is 0. The molecule has 0 saturated heterocycles. The van der Waals surface area contributed by atoms with Gasteiger partial charge in [0.1, 0.15) is 0 Å². The van der Waals surface area contributed by atoms with Crippen molar-refractivity contribution >= 4 is 27.2 Å². The fraction of sp³-hybridized carbons (Fsp3) is 0.357. The first-order valence-corrected chi connectivity index (χ1v) is 6.74. The highest BCUT2D eigenvalue weighted by atomic mass is 32.1. The van der Waals surface area contributed by atoms with E-state index >= 15 is 0 Å². The molecule has 1 aromatic carbocycles. The van der Waals surface area contributed by atoms with Crippen molar-refractivity contribution in [2.75, 3.05) is 0 Å². The van der Waals surface area contributed by atoms with Crippen LogP contribution in [0.1, 0.15) is 36.0 Å². The topological polar surface area (TPSA) is 17.1 Å². The highest BCUT2D eigenvalue weighted by Crippen LogP contribution is 2.33. The van der Waals surface area contributed by atoms with Crippen molar-refractivity contribution in [2.45, 2.75) is 25.7 Å². The second kappa shape index (κ2) is 4.02. The number of carbonyl (C=O) groups is 1. The summed E-state index contributed by atoms with van der Waals surface area (Å²) in [4.78, 5) is 12.3. The second-order valence-electron chi connectivity index (χ2n) is 4.49.